The minimum Gasteiger partial charge on any atom is -0.294 e. The molecular formula is C14H16O. The zero-order valence-electron chi connectivity index (χ0n) is 9.50. The number of carbonyl (C=O) groups excluding carboxylic acids is 1. The normalized spacial score (nSPS) is 12.5. The van der Waals surface area contributed by atoms with Gasteiger partial charge in [-0.15, -0.1) is 0 Å². The SMILES string of the molecule is C=C1C=C(C(C)=O)c2ccccc21.CC. The Labute approximate surface area is 91.1 Å². The minimum atomic E-state index is 0.103. The first-order valence-corrected chi connectivity index (χ1v) is 5.21. The monoisotopic (exact) mass is 200 g/mol. The number of carbonyl (C=O) groups is 1. The fourth-order valence-corrected chi connectivity index (χ4v) is 1.62. The molecule has 2 rings (SSSR count). The van der Waals surface area contributed by atoms with Gasteiger partial charge in [0.1, 0.15) is 0 Å². The Morgan fingerprint density at radius 3 is 2.20 bits per heavy atom. The quantitative estimate of drug-likeness (QED) is 0.675. The van der Waals surface area contributed by atoms with Crippen molar-refractivity contribution in [3.05, 3.63) is 48.0 Å². The van der Waals surface area contributed by atoms with Gasteiger partial charge in [0.15, 0.2) is 5.78 Å². The number of allylic oxidation sites excluding steroid dienone is 3. The van der Waals surface area contributed by atoms with Crippen molar-refractivity contribution in [1.29, 1.82) is 0 Å². The van der Waals surface area contributed by atoms with Crippen LogP contribution >= 0.6 is 0 Å². The molecule has 0 spiro atoms. The molecule has 0 aromatic heterocycles. The minimum absolute atomic E-state index is 0.103. The molecule has 0 unspecified atom stereocenters. The van der Waals surface area contributed by atoms with E-state index in [1.54, 1.807) is 6.92 Å². The second kappa shape index (κ2) is 4.74. The van der Waals surface area contributed by atoms with Gasteiger partial charge < -0.3 is 0 Å². The molecule has 0 saturated heterocycles. The van der Waals surface area contributed by atoms with Crippen LogP contribution in [0.2, 0.25) is 0 Å². The van der Waals surface area contributed by atoms with Gasteiger partial charge in [-0.3, -0.25) is 4.79 Å². The molecule has 0 atom stereocenters. The van der Waals surface area contributed by atoms with Crippen LogP contribution in [0, 0.1) is 0 Å². The molecular weight excluding hydrogens is 184 g/mol. The number of Topliss-reactive ketones (excluding diaryl/α,β-unsaturated/α-hetero) is 1. The molecule has 0 bridgehead atoms. The first-order valence-electron chi connectivity index (χ1n) is 5.21. The maximum absolute atomic E-state index is 11.2. The van der Waals surface area contributed by atoms with Gasteiger partial charge in [-0.1, -0.05) is 44.7 Å². The Morgan fingerprint density at radius 2 is 1.67 bits per heavy atom. The Balaban J connectivity index is 0.000000531. The lowest BCUT2D eigenvalue weighted by molar-refractivity contribution is -0.111. The molecule has 0 aliphatic heterocycles. The number of fused-ring (bicyclic) bond motifs is 1. The van der Waals surface area contributed by atoms with Crippen LogP contribution in [0.15, 0.2) is 36.9 Å². The van der Waals surface area contributed by atoms with Crippen molar-refractivity contribution in [3.63, 3.8) is 0 Å². The second-order valence-electron chi connectivity index (χ2n) is 3.19. The van der Waals surface area contributed by atoms with Crippen LogP contribution in [0.3, 0.4) is 0 Å². The van der Waals surface area contributed by atoms with Crippen LogP contribution in [0.4, 0.5) is 0 Å². The summed E-state index contributed by atoms with van der Waals surface area (Å²) in [7, 11) is 0. The lowest BCUT2D eigenvalue weighted by atomic mass is 10.0. The number of rotatable bonds is 1. The fraction of sp³-hybridized carbons (Fsp3) is 0.214. The third-order valence-corrected chi connectivity index (χ3v) is 2.26. The Kier molecular flexibility index (Phi) is 3.62. The highest BCUT2D eigenvalue weighted by atomic mass is 16.1. The largest absolute Gasteiger partial charge is 0.294 e. The van der Waals surface area contributed by atoms with E-state index in [-0.39, 0.29) is 5.78 Å². The third kappa shape index (κ3) is 2.07. The Bertz CT molecular complexity index is 425. The molecule has 0 radical (unpaired) electrons. The molecule has 0 saturated carbocycles. The van der Waals surface area contributed by atoms with Crippen LogP contribution in [0.25, 0.3) is 11.1 Å². The molecule has 1 aromatic carbocycles. The maximum atomic E-state index is 11.2. The summed E-state index contributed by atoms with van der Waals surface area (Å²) >= 11 is 0. The molecule has 1 aliphatic carbocycles. The Morgan fingerprint density at radius 1 is 1.13 bits per heavy atom. The molecule has 1 nitrogen and oxygen atoms in total. The van der Waals surface area contributed by atoms with E-state index < -0.39 is 0 Å². The van der Waals surface area contributed by atoms with Gasteiger partial charge in [0, 0.05) is 5.57 Å². The number of ketones is 1. The van der Waals surface area contributed by atoms with Gasteiger partial charge >= 0.3 is 0 Å². The highest BCUT2D eigenvalue weighted by molar-refractivity contribution is 6.25. The summed E-state index contributed by atoms with van der Waals surface area (Å²) in [6, 6.07) is 7.85. The standard InChI is InChI=1S/C12H10O.C2H6/c1-8-7-12(9(2)13)11-6-4-3-5-10(8)11;1-2/h3-7H,1H2,2H3;1-2H3. The molecule has 15 heavy (non-hydrogen) atoms. The van der Waals surface area contributed by atoms with Crippen molar-refractivity contribution in [2.45, 2.75) is 20.8 Å². The molecule has 1 aromatic rings. The van der Waals surface area contributed by atoms with Gasteiger partial charge in [-0.2, -0.15) is 0 Å². The predicted molar refractivity (Wildman–Crippen MR) is 65.5 cm³/mol. The van der Waals surface area contributed by atoms with Crippen LogP contribution in [-0.2, 0) is 4.79 Å². The summed E-state index contributed by atoms with van der Waals surface area (Å²) in [6.45, 7) is 9.48. The lowest BCUT2D eigenvalue weighted by Gasteiger charge is -2.00. The molecule has 0 N–H and O–H groups in total. The average molecular weight is 200 g/mol. The summed E-state index contributed by atoms with van der Waals surface area (Å²) in [5.74, 6) is 0.103. The van der Waals surface area contributed by atoms with E-state index in [1.165, 1.54) is 0 Å². The molecule has 78 valence electrons. The average Bonchev–Trinajstić information content (AvgIpc) is 2.60. The van der Waals surface area contributed by atoms with E-state index in [9.17, 15) is 4.79 Å². The molecule has 1 heteroatoms. The van der Waals surface area contributed by atoms with Crippen LogP contribution in [0.5, 0.6) is 0 Å². The van der Waals surface area contributed by atoms with E-state index in [0.717, 1.165) is 22.3 Å². The molecule has 0 heterocycles. The maximum Gasteiger partial charge on any atom is 0.160 e. The van der Waals surface area contributed by atoms with Crippen LogP contribution in [-0.4, -0.2) is 5.78 Å². The van der Waals surface area contributed by atoms with Gasteiger partial charge in [0.2, 0.25) is 0 Å². The van der Waals surface area contributed by atoms with Crippen molar-refractivity contribution < 1.29 is 4.79 Å². The van der Waals surface area contributed by atoms with Crippen molar-refractivity contribution in [2.75, 3.05) is 0 Å². The fourth-order valence-electron chi connectivity index (χ4n) is 1.62. The lowest BCUT2D eigenvalue weighted by Crippen LogP contribution is -1.93. The van der Waals surface area contributed by atoms with Gasteiger partial charge in [-0.25, -0.2) is 0 Å². The first-order chi connectivity index (χ1) is 7.20. The second-order valence-corrected chi connectivity index (χ2v) is 3.19. The molecule has 1 aliphatic rings. The van der Waals surface area contributed by atoms with Crippen molar-refractivity contribution >= 4 is 16.9 Å². The van der Waals surface area contributed by atoms with E-state index in [1.807, 2.05) is 44.2 Å². The van der Waals surface area contributed by atoms with Crippen molar-refractivity contribution in [3.8, 4) is 0 Å². The van der Waals surface area contributed by atoms with E-state index in [4.69, 9.17) is 0 Å². The summed E-state index contributed by atoms with van der Waals surface area (Å²) in [5, 5.41) is 0. The highest BCUT2D eigenvalue weighted by Gasteiger charge is 2.18. The zero-order valence-corrected chi connectivity index (χ0v) is 9.50. The van der Waals surface area contributed by atoms with E-state index in [2.05, 4.69) is 6.58 Å². The topological polar surface area (TPSA) is 17.1 Å². The first kappa shape index (κ1) is 11.4. The van der Waals surface area contributed by atoms with Gasteiger partial charge in [0.05, 0.1) is 0 Å². The number of hydrogen-bond acceptors (Lipinski definition) is 1. The smallest absolute Gasteiger partial charge is 0.160 e. The summed E-state index contributed by atoms with van der Waals surface area (Å²) in [6.07, 6.45) is 1.85. The molecule has 0 amide bonds. The summed E-state index contributed by atoms with van der Waals surface area (Å²) in [4.78, 5) is 11.2. The number of benzene rings is 1. The van der Waals surface area contributed by atoms with Crippen molar-refractivity contribution in [1.82, 2.24) is 0 Å². The van der Waals surface area contributed by atoms with Crippen LogP contribution < -0.4 is 0 Å². The molecule has 0 fully saturated rings. The van der Waals surface area contributed by atoms with Crippen molar-refractivity contribution in [2.24, 2.45) is 0 Å². The van der Waals surface area contributed by atoms with Gasteiger partial charge in [-0.05, 0) is 29.7 Å². The summed E-state index contributed by atoms with van der Waals surface area (Å²) < 4.78 is 0. The van der Waals surface area contributed by atoms with E-state index in [0.29, 0.717) is 0 Å². The predicted octanol–water partition coefficient (Wildman–Crippen LogP) is 3.71. The Hall–Kier alpha value is -1.63. The number of hydrogen-bond donors (Lipinski definition) is 0. The highest BCUT2D eigenvalue weighted by Crippen LogP contribution is 2.34. The third-order valence-electron chi connectivity index (χ3n) is 2.26. The summed E-state index contributed by atoms with van der Waals surface area (Å²) in [5.41, 5.74) is 3.80. The zero-order chi connectivity index (χ0) is 11.4. The van der Waals surface area contributed by atoms with Gasteiger partial charge in [0.25, 0.3) is 0 Å². The van der Waals surface area contributed by atoms with Crippen LogP contribution in [0.1, 0.15) is 31.9 Å². The van der Waals surface area contributed by atoms with E-state index >= 15 is 0 Å².